The minimum atomic E-state index is -1.82. The number of hydrogen-bond acceptors (Lipinski definition) is 19. The molecule has 19 heteroatoms. The molecule has 9 aliphatic rings. The molecule has 65 heavy (non-hydrogen) atoms. The van der Waals surface area contributed by atoms with Crippen molar-refractivity contribution < 1.29 is 94.1 Å². The molecule has 0 unspecified atom stereocenters. The van der Waals surface area contributed by atoms with E-state index in [1.54, 1.807) is 0 Å². The highest BCUT2D eigenvalue weighted by atomic mass is 16.8. The molecule has 9 rings (SSSR count). The van der Waals surface area contributed by atoms with Crippen molar-refractivity contribution in [2.75, 3.05) is 26.4 Å². The van der Waals surface area contributed by atoms with Crippen LogP contribution in [0.3, 0.4) is 0 Å². The van der Waals surface area contributed by atoms with Crippen LogP contribution in [0.15, 0.2) is 11.6 Å². The largest absolute Gasteiger partial charge is 0.461 e. The number of carbonyl (C=O) groups is 1. The molecule has 0 aromatic heterocycles. The summed E-state index contributed by atoms with van der Waals surface area (Å²) >= 11 is 0. The van der Waals surface area contributed by atoms with Gasteiger partial charge in [-0.2, -0.15) is 0 Å². The summed E-state index contributed by atoms with van der Waals surface area (Å²) in [6.45, 7) is 11.1. The van der Waals surface area contributed by atoms with Gasteiger partial charge in [-0.05, 0) is 72.5 Å². The van der Waals surface area contributed by atoms with Crippen LogP contribution in [-0.2, 0) is 38.0 Å². The molecule has 4 saturated heterocycles. The molecule has 0 aromatic carbocycles. The molecule has 4 heterocycles. The smallest absolute Gasteiger partial charge is 0.315 e. The molecule has 19 nitrogen and oxygen atoms in total. The fourth-order valence-corrected chi connectivity index (χ4v) is 15.1. The lowest BCUT2D eigenvalue weighted by Crippen LogP contribution is -2.70. The van der Waals surface area contributed by atoms with E-state index in [-0.39, 0.29) is 47.1 Å². The molecule has 11 N–H and O–H groups in total. The highest BCUT2D eigenvalue weighted by Gasteiger charge is 2.75. The maximum atomic E-state index is 13.7. The van der Waals surface area contributed by atoms with Gasteiger partial charge in [0.15, 0.2) is 18.9 Å². The number of allylic oxidation sites excluding steroid dienone is 2. The SMILES string of the molecule is CC1(C)C[C@@H]2C3=CC[C@@H]4[C@@]5(C)C[C@H](O)[C@H](O[C@@H]6O[C@H](CO[C@@H]7OC[C@H](O)[C@H](O)[C@H]7O[C@@H]7OC[C@@H](O)[C@H](O)[C@H]7O)[C@@H](O)[C@H](O)[C@H]6O)[C@@](C)(CO)[C@@H]5CC[C@@]4(C)[C@]3(C)C[C@H](O)[C@@]23C[C@@H]1OC3=O. The minimum absolute atomic E-state index is 0.000771. The Bertz CT molecular complexity index is 1830. The van der Waals surface area contributed by atoms with Crippen LogP contribution in [0.2, 0.25) is 0 Å². The fourth-order valence-electron chi connectivity index (χ4n) is 15.1. The van der Waals surface area contributed by atoms with Gasteiger partial charge in [0, 0.05) is 17.3 Å². The molecule has 370 valence electrons. The van der Waals surface area contributed by atoms with E-state index in [0.717, 1.165) is 12.8 Å². The van der Waals surface area contributed by atoms with Gasteiger partial charge in [-0.15, -0.1) is 0 Å². The topological polar surface area (TPSA) is 304 Å². The molecular formula is C46H72O19. The molecule has 5 aliphatic carbocycles. The second-order valence-corrected chi connectivity index (χ2v) is 22.8. The normalized spacial score (nSPS) is 57.2. The standard InChI is InChI=1S/C46H72O19/c1-41(2)11-20-19-7-8-26-42(3)12-21(48)36(43(4,18-47)25(42)9-10-44(26,5)45(19,6)13-27(51)46(20)14-28(41)63-40(46)58)65-38-34(57)32(55)31(54)24(62-38)17-61-39-35(30(53)23(50)16-60-39)64-37-33(56)29(52)22(49)15-59-37/h7,20-39,47-57H,8-18H2,1-6H3/t20-,21+,22-,23+,24-,25-,26-,27+,28+,29+,30+,31-,32+,33-,34-,35-,36+,37+,38+,39+,42+,43+,44-,45-,46-/m1/s1. The van der Waals surface area contributed by atoms with Gasteiger partial charge >= 0.3 is 5.97 Å². The maximum Gasteiger partial charge on any atom is 0.315 e. The van der Waals surface area contributed by atoms with Gasteiger partial charge < -0.3 is 89.3 Å². The van der Waals surface area contributed by atoms with Crippen LogP contribution in [0.4, 0.5) is 0 Å². The number of rotatable bonds is 8. The molecule has 0 amide bonds. The average molecular weight is 929 g/mol. The first-order valence-corrected chi connectivity index (χ1v) is 23.5. The molecule has 0 aromatic rings. The van der Waals surface area contributed by atoms with E-state index in [1.807, 2.05) is 6.92 Å². The molecule has 25 atom stereocenters. The van der Waals surface area contributed by atoms with Crippen molar-refractivity contribution in [3.05, 3.63) is 11.6 Å². The van der Waals surface area contributed by atoms with E-state index >= 15 is 0 Å². The first kappa shape index (κ1) is 48.5. The highest BCUT2D eigenvalue weighted by molar-refractivity contribution is 5.82. The van der Waals surface area contributed by atoms with E-state index in [2.05, 4.69) is 40.7 Å². The number of fused-ring (bicyclic) bond motifs is 7. The summed E-state index contributed by atoms with van der Waals surface area (Å²) < 4.78 is 41.0. The third-order valence-electron chi connectivity index (χ3n) is 19.1. The summed E-state index contributed by atoms with van der Waals surface area (Å²) in [5, 5.41) is 121. The van der Waals surface area contributed by atoms with Crippen LogP contribution in [0, 0.1) is 50.2 Å². The van der Waals surface area contributed by atoms with E-state index in [4.69, 9.17) is 33.2 Å². The summed E-state index contributed by atoms with van der Waals surface area (Å²) in [5.41, 5.74) is -2.48. The van der Waals surface area contributed by atoms with Crippen LogP contribution in [0.5, 0.6) is 0 Å². The average Bonchev–Trinajstić information content (AvgIpc) is 3.57. The van der Waals surface area contributed by atoms with Crippen LogP contribution in [0.1, 0.15) is 86.5 Å². The Labute approximate surface area is 378 Å². The van der Waals surface area contributed by atoms with Gasteiger partial charge in [-0.1, -0.05) is 53.2 Å². The number of esters is 1. The zero-order valence-corrected chi connectivity index (χ0v) is 38.1. The summed E-state index contributed by atoms with van der Waals surface area (Å²) in [4.78, 5) is 13.7. The zero-order valence-electron chi connectivity index (χ0n) is 38.1. The van der Waals surface area contributed by atoms with Crippen molar-refractivity contribution in [3.8, 4) is 0 Å². The lowest BCUT2D eigenvalue weighted by molar-refractivity contribution is -0.362. The van der Waals surface area contributed by atoms with Gasteiger partial charge in [0.25, 0.3) is 0 Å². The van der Waals surface area contributed by atoms with Crippen molar-refractivity contribution in [1.82, 2.24) is 0 Å². The quantitative estimate of drug-likeness (QED) is 0.0738. The highest BCUT2D eigenvalue weighted by Crippen LogP contribution is 2.76. The summed E-state index contributed by atoms with van der Waals surface area (Å²) in [6.07, 6.45) is -18.0. The van der Waals surface area contributed by atoms with Gasteiger partial charge in [-0.25, -0.2) is 0 Å². The fraction of sp³-hybridized carbons (Fsp3) is 0.935. The molecule has 1 spiro atoms. The Morgan fingerprint density at radius 1 is 0.708 bits per heavy atom. The molecule has 4 aliphatic heterocycles. The number of hydrogen-bond donors (Lipinski definition) is 11. The van der Waals surface area contributed by atoms with Crippen molar-refractivity contribution >= 4 is 5.97 Å². The molecule has 0 radical (unpaired) electrons. The van der Waals surface area contributed by atoms with E-state index < -0.39 is 146 Å². The van der Waals surface area contributed by atoms with Gasteiger partial charge in [0.2, 0.25) is 0 Å². The molecule has 8 fully saturated rings. The second kappa shape index (κ2) is 16.6. The Morgan fingerprint density at radius 3 is 2.06 bits per heavy atom. The van der Waals surface area contributed by atoms with E-state index in [0.29, 0.717) is 25.7 Å². The van der Waals surface area contributed by atoms with Gasteiger partial charge in [0.1, 0.15) is 72.6 Å². The number of carbonyl (C=O) groups excluding carboxylic acids is 1. The predicted octanol–water partition coefficient (Wildman–Crippen LogP) is -1.65. The minimum Gasteiger partial charge on any atom is -0.461 e. The lowest BCUT2D eigenvalue weighted by Gasteiger charge is -2.72. The van der Waals surface area contributed by atoms with Crippen molar-refractivity contribution in [2.45, 2.75) is 191 Å². The monoisotopic (exact) mass is 928 g/mol. The Kier molecular flexibility index (Phi) is 12.4. The maximum absolute atomic E-state index is 13.7. The summed E-state index contributed by atoms with van der Waals surface area (Å²) in [6, 6.07) is 0. The summed E-state index contributed by atoms with van der Waals surface area (Å²) in [7, 11) is 0. The second-order valence-electron chi connectivity index (χ2n) is 22.8. The molecular weight excluding hydrogens is 856 g/mol. The van der Waals surface area contributed by atoms with Crippen LogP contribution >= 0.6 is 0 Å². The van der Waals surface area contributed by atoms with E-state index in [1.165, 1.54) is 5.57 Å². The van der Waals surface area contributed by atoms with Crippen LogP contribution in [0.25, 0.3) is 0 Å². The predicted molar refractivity (Wildman–Crippen MR) is 220 cm³/mol. The lowest BCUT2D eigenvalue weighted by atomic mass is 9.33. The van der Waals surface area contributed by atoms with Crippen LogP contribution in [-0.4, -0.2) is 193 Å². The molecule has 4 saturated carbocycles. The van der Waals surface area contributed by atoms with E-state index in [9.17, 15) is 61.0 Å². The zero-order chi connectivity index (χ0) is 47.1. The third-order valence-corrected chi connectivity index (χ3v) is 19.1. The Balaban J connectivity index is 0.927. The number of ether oxygens (including phenoxy) is 7. The van der Waals surface area contributed by atoms with Gasteiger partial charge in [0.05, 0.1) is 44.7 Å². The molecule has 2 bridgehead atoms. The number of aliphatic hydroxyl groups excluding tert-OH is 11. The number of aliphatic hydroxyl groups is 11. The van der Waals surface area contributed by atoms with Crippen molar-refractivity contribution in [3.63, 3.8) is 0 Å². The third kappa shape index (κ3) is 7.03. The Hall–Kier alpha value is -1.47. The van der Waals surface area contributed by atoms with Crippen molar-refractivity contribution in [2.24, 2.45) is 50.2 Å². The summed E-state index contributed by atoms with van der Waals surface area (Å²) in [5.74, 6) is -0.667. The van der Waals surface area contributed by atoms with Crippen molar-refractivity contribution in [1.29, 1.82) is 0 Å². The van der Waals surface area contributed by atoms with Gasteiger partial charge in [-0.3, -0.25) is 4.79 Å². The Morgan fingerprint density at radius 2 is 1.37 bits per heavy atom. The first-order chi connectivity index (χ1) is 30.4. The van der Waals surface area contributed by atoms with Crippen LogP contribution < -0.4 is 0 Å². The first-order valence-electron chi connectivity index (χ1n) is 23.5.